The summed E-state index contributed by atoms with van der Waals surface area (Å²) in [6.07, 6.45) is -7.27. The lowest BCUT2D eigenvalue weighted by Crippen LogP contribution is -2.62. The van der Waals surface area contributed by atoms with E-state index in [4.69, 9.17) is 25.8 Å². The summed E-state index contributed by atoms with van der Waals surface area (Å²) < 4.78 is 4.74. The lowest BCUT2D eigenvalue weighted by atomic mass is 9.95. The molecule has 1 aliphatic rings. The minimum Gasteiger partial charge on any atom is -0.395 e. The monoisotopic (exact) mass is 209 g/mol. The van der Waals surface area contributed by atoms with Gasteiger partial charge < -0.3 is 36.0 Å². The summed E-state index contributed by atoms with van der Waals surface area (Å²) >= 11 is 0. The summed E-state index contributed by atoms with van der Waals surface area (Å²) in [6, 6.07) is -0.929. The summed E-state index contributed by atoms with van der Waals surface area (Å²) in [7, 11) is 0. The molecule has 0 saturated carbocycles. The van der Waals surface area contributed by atoms with Gasteiger partial charge in [0, 0.05) is 0 Å². The number of aliphatic hydroxyl groups excluding tert-OH is 5. The lowest BCUT2D eigenvalue weighted by Gasteiger charge is -2.40. The number of ether oxygens (including phenoxy) is 1. The molecule has 1 fully saturated rings. The summed E-state index contributed by atoms with van der Waals surface area (Å²) in [4.78, 5) is 0. The van der Waals surface area contributed by atoms with Gasteiger partial charge in [-0.15, -0.1) is 0 Å². The van der Waals surface area contributed by atoms with E-state index in [0.717, 1.165) is 0 Å². The van der Waals surface area contributed by atoms with Crippen LogP contribution in [0.4, 0.5) is 0 Å². The minimum atomic E-state index is -1.61. The van der Waals surface area contributed by atoms with Gasteiger partial charge in [0.05, 0.1) is 12.6 Å². The molecule has 1 unspecified atom stereocenters. The van der Waals surface area contributed by atoms with E-state index in [-0.39, 0.29) is 0 Å². The Morgan fingerprint density at radius 1 is 1.07 bits per heavy atom. The Labute approximate surface area is 80.3 Å². The average molecular weight is 209 g/mol. The van der Waals surface area contributed by atoms with Crippen molar-refractivity contribution in [3.8, 4) is 0 Å². The van der Waals surface area contributed by atoms with Crippen LogP contribution in [0.2, 0.25) is 0 Å². The Morgan fingerprint density at radius 2 is 1.64 bits per heavy atom. The maximum absolute atomic E-state index is 9.39. The molecule has 14 heavy (non-hydrogen) atoms. The second kappa shape index (κ2) is 4.49. The van der Waals surface area contributed by atoms with E-state index in [0.29, 0.717) is 0 Å². The zero-order valence-corrected chi connectivity index (χ0v) is 7.39. The van der Waals surface area contributed by atoms with Crippen LogP contribution in [0.3, 0.4) is 0 Å². The van der Waals surface area contributed by atoms with Crippen molar-refractivity contribution in [2.45, 2.75) is 36.7 Å². The molecule has 0 spiro atoms. The van der Waals surface area contributed by atoms with Crippen LogP contribution in [0, 0.1) is 0 Å². The molecule has 6 atom stereocenters. The molecular weight excluding hydrogens is 194 g/mol. The highest BCUT2D eigenvalue weighted by Gasteiger charge is 2.44. The van der Waals surface area contributed by atoms with E-state index in [1.54, 1.807) is 0 Å². The third kappa shape index (κ3) is 2.04. The van der Waals surface area contributed by atoms with Crippen LogP contribution >= 0.6 is 0 Å². The predicted molar refractivity (Wildman–Crippen MR) is 44.0 cm³/mol. The molecule has 0 aromatic heterocycles. The van der Waals surface area contributed by atoms with Crippen LogP contribution in [-0.4, -0.2) is 68.9 Å². The van der Waals surface area contributed by atoms with E-state index in [1.165, 1.54) is 0 Å². The summed E-state index contributed by atoms with van der Waals surface area (Å²) in [5.41, 5.74) is 5.37. The molecule has 7 heteroatoms. The number of aliphatic hydroxyl groups is 5. The minimum absolute atomic E-state index is 0.461. The highest BCUT2D eigenvalue weighted by molar-refractivity contribution is 4.92. The van der Waals surface area contributed by atoms with E-state index in [1.807, 2.05) is 0 Å². The topological polar surface area (TPSA) is 136 Å². The van der Waals surface area contributed by atoms with Crippen LogP contribution in [0.5, 0.6) is 0 Å². The van der Waals surface area contributed by atoms with Gasteiger partial charge in [-0.25, -0.2) is 0 Å². The number of nitrogens with two attached hydrogens (primary N) is 1. The molecule has 0 bridgehead atoms. The number of hydrogen-bond donors (Lipinski definition) is 6. The molecule has 0 radical (unpaired) electrons. The quantitative estimate of drug-likeness (QED) is 0.273. The maximum Gasteiger partial charge on any atom is 0.184 e. The molecule has 7 N–H and O–H groups in total. The van der Waals surface area contributed by atoms with Gasteiger partial charge in [0.1, 0.15) is 24.4 Å². The second-order valence-corrected chi connectivity index (χ2v) is 3.31. The highest BCUT2D eigenvalue weighted by Crippen LogP contribution is 2.21. The number of rotatable bonds is 2. The molecule has 1 saturated heterocycles. The van der Waals surface area contributed by atoms with Gasteiger partial charge in [0.2, 0.25) is 0 Å². The van der Waals surface area contributed by atoms with E-state index in [9.17, 15) is 10.2 Å². The van der Waals surface area contributed by atoms with Crippen molar-refractivity contribution < 1.29 is 30.3 Å². The fraction of sp³-hybridized carbons (Fsp3) is 1.00. The van der Waals surface area contributed by atoms with Crippen molar-refractivity contribution >= 4 is 0 Å². The lowest BCUT2D eigenvalue weighted by molar-refractivity contribution is -0.286. The normalized spacial score (nSPS) is 46.3. The Bertz CT molecular complexity index is 191. The first-order valence-electron chi connectivity index (χ1n) is 4.23. The molecular formula is C7H15NO6. The highest BCUT2D eigenvalue weighted by atomic mass is 16.6. The standard InChI is InChI=1S/C7H15NO6/c8-2(1-9)6-4(11)3(10)5(12)7(13)14-6/h2-7,9-13H,1,8H2/t2-,3-,4+,5+,6+,7?/m0/s1. The van der Waals surface area contributed by atoms with Gasteiger partial charge in [0.15, 0.2) is 6.29 Å². The van der Waals surface area contributed by atoms with Gasteiger partial charge in [-0.05, 0) is 0 Å². The molecule has 0 aromatic rings. The SMILES string of the molecule is N[C@@H](CO)[C@H]1OC(O)[C@H](O)[C@@H](O)[C@H]1O. The summed E-state index contributed by atoms with van der Waals surface area (Å²) in [6.45, 7) is -0.461. The Kier molecular flexibility index (Phi) is 3.78. The average Bonchev–Trinajstić information content (AvgIpc) is 2.19. The Balaban J connectivity index is 2.70. The number of hydrogen-bond acceptors (Lipinski definition) is 7. The van der Waals surface area contributed by atoms with Crippen molar-refractivity contribution in [3.05, 3.63) is 0 Å². The maximum atomic E-state index is 9.39. The van der Waals surface area contributed by atoms with Gasteiger partial charge in [-0.3, -0.25) is 0 Å². The molecule has 0 aliphatic carbocycles. The van der Waals surface area contributed by atoms with Gasteiger partial charge >= 0.3 is 0 Å². The fourth-order valence-corrected chi connectivity index (χ4v) is 1.35. The fourth-order valence-electron chi connectivity index (χ4n) is 1.35. The molecule has 84 valence electrons. The van der Waals surface area contributed by atoms with E-state index >= 15 is 0 Å². The third-order valence-corrected chi connectivity index (χ3v) is 2.26. The smallest absolute Gasteiger partial charge is 0.184 e. The Hall–Kier alpha value is -0.280. The molecule has 1 rings (SSSR count). The van der Waals surface area contributed by atoms with Gasteiger partial charge in [-0.2, -0.15) is 0 Å². The van der Waals surface area contributed by atoms with Crippen LogP contribution < -0.4 is 5.73 Å². The largest absolute Gasteiger partial charge is 0.395 e. The zero-order valence-electron chi connectivity index (χ0n) is 7.39. The first kappa shape index (κ1) is 11.8. The van der Waals surface area contributed by atoms with Gasteiger partial charge in [0.25, 0.3) is 0 Å². The third-order valence-electron chi connectivity index (χ3n) is 2.26. The molecule has 1 heterocycles. The van der Waals surface area contributed by atoms with Crippen LogP contribution in [0.1, 0.15) is 0 Å². The summed E-state index contributed by atoms with van der Waals surface area (Å²) in [5, 5.41) is 45.5. The molecule has 7 nitrogen and oxygen atoms in total. The second-order valence-electron chi connectivity index (χ2n) is 3.31. The van der Waals surface area contributed by atoms with Crippen molar-refractivity contribution in [2.75, 3.05) is 6.61 Å². The van der Waals surface area contributed by atoms with Crippen LogP contribution in [0.25, 0.3) is 0 Å². The predicted octanol–water partition coefficient (Wildman–Crippen LogP) is -3.89. The van der Waals surface area contributed by atoms with Crippen molar-refractivity contribution in [2.24, 2.45) is 5.73 Å². The van der Waals surface area contributed by atoms with Gasteiger partial charge in [-0.1, -0.05) is 0 Å². The Morgan fingerprint density at radius 3 is 2.14 bits per heavy atom. The van der Waals surface area contributed by atoms with E-state index in [2.05, 4.69) is 0 Å². The van der Waals surface area contributed by atoms with Crippen molar-refractivity contribution in [1.29, 1.82) is 0 Å². The molecule has 1 aliphatic heterocycles. The van der Waals surface area contributed by atoms with E-state index < -0.39 is 43.4 Å². The molecule has 0 amide bonds. The first-order chi connectivity index (χ1) is 6.49. The summed E-state index contributed by atoms with van der Waals surface area (Å²) in [5.74, 6) is 0. The zero-order chi connectivity index (χ0) is 10.9. The van der Waals surface area contributed by atoms with Crippen molar-refractivity contribution in [3.63, 3.8) is 0 Å². The van der Waals surface area contributed by atoms with Crippen LogP contribution in [-0.2, 0) is 4.74 Å². The first-order valence-corrected chi connectivity index (χ1v) is 4.23. The van der Waals surface area contributed by atoms with Crippen molar-refractivity contribution in [1.82, 2.24) is 0 Å². The van der Waals surface area contributed by atoms with Crippen LogP contribution in [0.15, 0.2) is 0 Å². The molecule has 0 aromatic carbocycles.